The standard InChI is InChI=1S/C14H16O3S/c1-10-4-3-5-12-11(8-9-15)6-7-13(14(10)12)18(2,16)17/h3-7,15H,8-9H2,1-2H3. The highest BCUT2D eigenvalue weighted by Crippen LogP contribution is 2.29. The second kappa shape index (κ2) is 4.71. The van der Waals surface area contributed by atoms with Gasteiger partial charge in [0.25, 0.3) is 0 Å². The predicted octanol–water partition coefficient (Wildman–Crippen LogP) is 2.09. The summed E-state index contributed by atoms with van der Waals surface area (Å²) in [7, 11) is -3.25. The summed E-state index contributed by atoms with van der Waals surface area (Å²) < 4.78 is 23.6. The lowest BCUT2D eigenvalue weighted by Gasteiger charge is -2.11. The van der Waals surface area contributed by atoms with Gasteiger partial charge >= 0.3 is 0 Å². The van der Waals surface area contributed by atoms with Gasteiger partial charge in [0.1, 0.15) is 0 Å². The van der Waals surface area contributed by atoms with Crippen LogP contribution in [-0.2, 0) is 16.3 Å². The minimum Gasteiger partial charge on any atom is -0.396 e. The minimum atomic E-state index is -3.25. The predicted molar refractivity (Wildman–Crippen MR) is 72.6 cm³/mol. The van der Waals surface area contributed by atoms with Crippen molar-refractivity contribution in [3.63, 3.8) is 0 Å². The fraction of sp³-hybridized carbons (Fsp3) is 0.286. The minimum absolute atomic E-state index is 0.0568. The maximum atomic E-state index is 11.8. The molecule has 2 rings (SSSR count). The van der Waals surface area contributed by atoms with Gasteiger partial charge in [-0.25, -0.2) is 8.42 Å². The van der Waals surface area contributed by atoms with Gasteiger partial charge in [-0.1, -0.05) is 24.3 Å². The van der Waals surface area contributed by atoms with E-state index in [2.05, 4.69) is 0 Å². The van der Waals surface area contributed by atoms with Crippen LogP contribution in [0.1, 0.15) is 11.1 Å². The molecule has 0 atom stereocenters. The molecule has 0 aromatic heterocycles. The summed E-state index contributed by atoms with van der Waals surface area (Å²) in [6.07, 6.45) is 1.75. The average Bonchev–Trinajstić information content (AvgIpc) is 2.29. The Bertz CT molecular complexity index is 687. The Balaban J connectivity index is 2.89. The quantitative estimate of drug-likeness (QED) is 0.923. The van der Waals surface area contributed by atoms with Crippen LogP contribution in [0.5, 0.6) is 0 Å². The van der Waals surface area contributed by atoms with Crippen molar-refractivity contribution < 1.29 is 13.5 Å². The monoisotopic (exact) mass is 264 g/mol. The van der Waals surface area contributed by atoms with Crippen molar-refractivity contribution in [2.75, 3.05) is 12.9 Å². The maximum absolute atomic E-state index is 11.8. The number of aliphatic hydroxyl groups excluding tert-OH is 1. The van der Waals surface area contributed by atoms with Crippen molar-refractivity contribution in [2.45, 2.75) is 18.2 Å². The lowest BCUT2D eigenvalue weighted by molar-refractivity contribution is 0.300. The molecule has 0 amide bonds. The summed E-state index contributed by atoms with van der Waals surface area (Å²) in [6.45, 7) is 1.96. The zero-order chi connectivity index (χ0) is 13.3. The van der Waals surface area contributed by atoms with Crippen LogP contribution in [0.4, 0.5) is 0 Å². The third kappa shape index (κ3) is 2.26. The van der Waals surface area contributed by atoms with Crippen LogP contribution in [-0.4, -0.2) is 26.4 Å². The molecule has 96 valence electrons. The summed E-state index contributed by atoms with van der Waals surface area (Å²) in [5, 5.41) is 10.7. The van der Waals surface area contributed by atoms with E-state index < -0.39 is 9.84 Å². The SMILES string of the molecule is Cc1cccc2c(CCO)ccc(S(C)(=O)=O)c12. The Labute approximate surface area is 107 Å². The first-order chi connectivity index (χ1) is 8.45. The fourth-order valence-corrected chi connectivity index (χ4v) is 3.22. The van der Waals surface area contributed by atoms with Gasteiger partial charge in [0.2, 0.25) is 0 Å². The van der Waals surface area contributed by atoms with Crippen LogP contribution in [0.15, 0.2) is 35.2 Å². The number of rotatable bonds is 3. The summed E-state index contributed by atoms with van der Waals surface area (Å²) in [5.41, 5.74) is 1.91. The third-order valence-corrected chi connectivity index (χ3v) is 4.22. The molecule has 0 bridgehead atoms. The van der Waals surface area contributed by atoms with E-state index in [4.69, 9.17) is 5.11 Å². The number of aliphatic hydroxyl groups is 1. The third-order valence-electron chi connectivity index (χ3n) is 3.08. The molecule has 1 N–H and O–H groups in total. The van der Waals surface area contributed by atoms with Crippen LogP contribution in [0.2, 0.25) is 0 Å². The van der Waals surface area contributed by atoms with Crippen molar-refractivity contribution in [3.8, 4) is 0 Å². The number of sulfone groups is 1. The number of hydrogen-bond donors (Lipinski definition) is 1. The van der Waals surface area contributed by atoms with E-state index in [0.29, 0.717) is 11.3 Å². The summed E-state index contributed by atoms with van der Waals surface area (Å²) in [6, 6.07) is 9.14. The highest BCUT2D eigenvalue weighted by molar-refractivity contribution is 7.91. The van der Waals surface area contributed by atoms with Crippen LogP contribution >= 0.6 is 0 Å². The molecule has 0 saturated carbocycles. The molecule has 0 aliphatic heterocycles. The van der Waals surface area contributed by atoms with Gasteiger partial charge in [-0.2, -0.15) is 0 Å². The lowest BCUT2D eigenvalue weighted by atomic mass is 9.99. The highest BCUT2D eigenvalue weighted by atomic mass is 32.2. The Hall–Kier alpha value is -1.39. The van der Waals surface area contributed by atoms with E-state index >= 15 is 0 Å². The molecule has 3 nitrogen and oxygen atoms in total. The Morgan fingerprint density at radius 3 is 2.50 bits per heavy atom. The summed E-state index contributed by atoms with van der Waals surface area (Å²) >= 11 is 0. The molecule has 0 spiro atoms. The van der Waals surface area contributed by atoms with Crippen molar-refractivity contribution in [1.82, 2.24) is 0 Å². The molecule has 0 aliphatic rings. The molecule has 2 aromatic rings. The number of benzene rings is 2. The lowest BCUT2D eigenvalue weighted by Crippen LogP contribution is -2.02. The zero-order valence-corrected chi connectivity index (χ0v) is 11.3. The van der Waals surface area contributed by atoms with Crippen molar-refractivity contribution in [1.29, 1.82) is 0 Å². The van der Waals surface area contributed by atoms with Crippen LogP contribution < -0.4 is 0 Å². The molecular formula is C14H16O3S. The van der Waals surface area contributed by atoms with E-state index in [1.54, 1.807) is 12.1 Å². The number of fused-ring (bicyclic) bond motifs is 1. The van der Waals surface area contributed by atoms with Gasteiger partial charge in [0.15, 0.2) is 9.84 Å². The molecule has 0 heterocycles. The number of hydrogen-bond acceptors (Lipinski definition) is 3. The Kier molecular flexibility index (Phi) is 3.41. The molecular weight excluding hydrogens is 248 g/mol. The van der Waals surface area contributed by atoms with Crippen molar-refractivity contribution >= 4 is 20.6 Å². The van der Waals surface area contributed by atoms with E-state index in [1.165, 1.54) is 6.26 Å². The van der Waals surface area contributed by atoms with Gasteiger partial charge in [-0.3, -0.25) is 0 Å². The molecule has 2 aromatic carbocycles. The van der Waals surface area contributed by atoms with Gasteiger partial charge in [0, 0.05) is 18.2 Å². The second-order valence-corrected chi connectivity index (χ2v) is 6.45. The first-order valence-electron chi connectivity index (χ1n) is 5.77. The Morgan fingerprint density at radius 1 is 1.17 bits per heavy atom. The molecule has 18 heavy (non-hydrogen) atoms. The topological polar surface area (TPSA) is 54.4 Å². The van der Waals surface area contributed by atoms with Crippen LogP contribution in [0.25, 0.3) is 10.8 Å². The Morgan fingerprint density at radius 2 is 1.89 bits per heavy atom. The second-order valence-electron chi connectivity index (χ2n) is 4.47. The van der Waals surface area contributed by atoms with Gasteiger partial charge in [0.05, 0.1) is 4.90 Å². The fourth-order valence-electron chi connectivity index (χ4n) is 2.26. The van der Waals surface area contributed by atoms with Gasteiger partial charge in [-0.05, 0) is 35.9 Å². The molecule has 0 radical (unpaired) electrons. The van der Waals surface area contributed by atoms with E-state index in [0.717, 1.165) is 21.9 Å². The van der Waals surface area contributed by atoms with E-state index in [9.17, 15) is 8.42 Å². The van der Waals surface area contributed by atoms with Crippen molar-refractivity contribution in [2.24, 2.45) is 0 Å². The summed E-state index contributed by atoms with van der Waals surface area (Å²) in [5.74, 6) is 0. The van der Waals surface area contributed by atoms with Gasteiger partial charge in [-0.15, -0.1) is 0 Å². The average molecular weight is 264 g/mol. The highest BCUT2D eigenvalue weighted by Gasteiger charge is 2.15. The van der Waals surface area contributed by atoms with Gasteiger partial charge < -0.3 is 5.11 Å². The molecule has 0 aliphatic carbocycles. The van der Waals surface area contributed by atoms with E-state index in [1.807, 2.05) is 25.1 Å². The normalized spacial score (nSPS) is 11.9. The first kappa shape index (κ1) is 13.1. The molecule has 4 heteroatoms. The van der Waals surface area contributed by atoms with Crippen LogP contribution in [0.3, 0.4) is 0 Å². The largest absolute Gasteiger partial charge is 0.396 e. The van der Waals surface area contributed by atoms with Crippen LogP contribution in [0, 0.1) is 6.92 Å². The first-order valence-corrected chi connectivity index (χ1v) is 7.66. The molecule has 0 fully saturated rings. The molecule has 0 unspecified atom stereocenters. The number of aryl methyl sites for hydroxylation is 1. The summed E-state index contributed by atoms with van der Waals surface area (Å²) in [4.78, 5) is 0.359. The smallest absolute Gasteiger partial charge is 0.176 e. The molecule has 0 saturated heterocycles. The maximum Gasteiger partial charge on any atom is 0.176 e. The van der Waals surface area contributed by atoms with Crippen molar-refractivity contribution in [3.05, 3.63) is 41.5 Å². The zero-order valence-electron chi connectivity index (χ0n) is 10.5. The van der Waals surface area contributed by atoms with E-state index in [-0.39, 0.29) is 6.61 Å².